The van der Waals surface area contributed by atoms with Crippen LogP contribution in [0.3, 0.4) is 0 Å². The van der Waals surface area contributed by atoms with Gasteiger partial charge in [-0.05, 0) is 37.5 Å². The first kappa shape index (κ1) is 34.9. The van der Waals surface area contributed by atoms with E-state index in [9.17, 15) is 9.59 Å². The van der Waals surface area contributed by atoms with Crippen molar-refractivity contribution in [1.29, 1.82) is 0 Å². The molecular weight excluding hydrogens is 448 g/mol. The Morgan fingerprint density at radius 1 is 0.611 bits per heavy atom. The number of carbonyl (C=O) groups excluding carboxylic acids is 1. The van der Waals surface area contributed by atoms with Crippen LogP contribution in [0.25, 0.3) is 0 Å². The third kappa shape index (κ3) is 21.1. The van der Waals surface area contributed by atoms with Crippen molar-refractivity contribution in [1.82, 2.24) is 0 Å². The summed E-state index contributed by atoms with van der Waals surface area (Å²) in [6.07, 6.45) is 24.9. The van der Waals surface area contributed by atoms with E-state index in [1.807, 2.05) is 0 Å². The normalized spacial score (nSPS) is 13.9. The van der Waals surface area contributed by atoms with Gasteiger partial charge in [0.25, 0.3) is 0 Å². The lowest BCUT2D eigenvalue weighted by atomic mass is 9.86. The summed E-state index contributed by atoms with van der Waals surface area (Å²) in [6.45, 7) is 9.57. The zero-order chi connectivity index (χ0) is 26.9. The van der Waals surface area contributed by atoms with Crippen LogP contribution in [0.5, 0.6) is 0 Å². The highest BCUT2D eigenvalue weighted by Crippen LogP contribution is 2.27. The molecule has 0 amide bonds. The fourth-order valence-electron chi connectivity index (χ4n) is 5.19. The summed E-state index contributed by atoms with van der Waals surface area (Å²) in [7, 11) is 0. The van der Waals surface area contributed by atoms with Crippen molar-refractivity contribution in [2.75, 3.05) is 6.61 Å². The van der Waals surface area contributed by atoms with Gasteiger partial charge in [0.15, 0.2) is 0 Å². The summed E-state index contributed by atoms with van der Waals surface area (Å²) in [5.74, 6) is 0.641. The summed E-state index contributed by atoms with van der Waals surface area (Å²) >= 11 is 0. The van der Waals surface area contributed by atoms with E-state index in [1.165, 1.54) is 89.9 Å². The molecule has 4 heteroatoms. The molecule has 0 aromatic carbocycles. The van der Waals surface area contributed by atoms with Crippen LogP contribution < -0.4 is 0 Å². The van der Waals surface area contributed by atoms with Crippen molar-refractivity contribution in [3.63, 3.8) is 0 Å². The van der Waals surface area contributed by atoms with Crippen molar-refractivity contribution < 1.29 is 19.4 Å². The molecule has 0 saturated heterocycles. The minimum absolute atomic E-state index is 0.0725. The summed E-state index contributed by atoms with van der Waals surface area (Å²) in [5.41, 5.74) is 0. The van der Waals surface area contributed by atoms with E-state index >= 15 is 0 Å². The number of esters is 1. The first-order valence-electron chi connectivity index (χ1n) is 15.9. The van der Waals surface area contributed by atoms with Crippen LogP contribution in [-0.4, -0.2) is 23.7 Å². The molecule has 3 atom stereocenters. The SMILES string of the molecule is CCCCC(CC)COC(=O)C(CCCCCCCCCCCCCC(=O)O)CC(CC)CCCC. The fraction of sp³-hybridized carbons (Fsp3) is 0.938. The molecule has 0 heterocycles. The second kappa shape index (κ2) is 25.6. The third-order valence-electron chi connectivity index (χ3n) is 7.94. The molecule has 0 bridgehead atoms. The van der Waals surface area contributed by atoms with E-state index in [0.29, 0.717) is 24.9 Å². The zero-order valence-electron chi connectivity index (χ0n) is 24.7. The smallest absolute Gasteiger partial charge is 0.308 e. The van der Waals surface area contributed by atoms with E-state index in [2.05, 4.69) is 27.7 Å². The standard InChI is InChI=1S/C32H62O4/c1-5-9-22-28(7-3)26-30(32(35)36-27-29(8-4)23-10-6-2)24-20-18-16-14-12-11-13-15-17-19-21-25-31(33)34/h28-30H,5-27H2,1-4H3,(H,33,34). The van der Waals surface area contributed by atoms with Crippen molar-refractivity contribution in [2.45, 2.75) is 169 Å². The number of carboxylic acids is 1. The van der Waals surface area contributed by atoms with Crippen molar-refractivity contribution >= 4 is 11.9 Å². The molecular formula is C32H62O4. The van der Waals surface area contributed by atoms with Gasteiger partial charge >= 0.3 is 11.9 Å². The maximum absolute atomic E-state index is 13.1. The van der Waals surface area contributed by atoms with Crippen molar-refractivity contribution in [3.8, 4) is 0 Å². The van der Waals surface area contributed by atoms with E-state index in [0.717, 1.165) is 44.9 Å². The number of aliphatic carboxylic acids is 1. The Kier molecular flexibility index (Phi) is 24.8. The van der Waals surface area contributed by atoms with E-state index in [-0.39, 0.29) is 11.9 Å². The number of hydrogen-bond donors (Lipinski definition) is 1. The average molecular weight is 511 g/mol. The number of rotatable bonds is 27. The Balaban J connectivity index is 4.25. The van der Waals surface area contributed by atoms with Gasteiger partial charge in [-0.2, -0.15) is 0 Å². The Bertz CT molecular complexity index is 504. The molecule has 0 spiro atoms. The van der Waals surface area contributed by atoms with Crippen molar-refractivity contribution in [3.05, 3.63) is 0 Å². The molecule has 0 fully saturated rings. The number of carbonyl (C=O) groups is 2. The molecule has 0 aliphatic heterocycles. The lowest BCUT2D eigenvalue weighted by Crippen LogP contribution is -2.23. The van der Waals surface area contributed by atoms with Gasteiger partial charge in [0.1, 0.15) is 0 Å². The van der Waals surface area contributed by atoms with Crippen LogP contribution in [-0.2, 0) is 14.3 Å². The van der Waals surface area contributed by atoms with Gasteiger partial charge in [-0.3, -0.25) is 9.59 Å². The molecule has 0 radical (unpaired) electrons. The summed E-state index contributed by atoms with van der Waals surface area (Å²) < 4.78 is 5.91. The van der Waals surface area contributed by atoms with Gasteiger partial charge in [-0.1, -0.05) is 137 Å². The second-order valence-electron chi connectivity index (χ2n) is 11.2. The van der Waals surface area contributed by atoms with Gasteiger partial charge in [0.2, 0.25) is 0 Å². The maximum atomic E-state index is 13.1. The van der Waals surface area contributed by atoms with E-state index < -0.39 is 5.97 Å². The lowest BCUT2D eigenvalue weighted by molar-refractivity contribution is -0.151. The Morgan fingerprint density at radius 3 is 1.56 bits per heavy atom. The molecule has 1 N–H and O–H groups in total. The highest BCUT2D eigenvalue weighted by molar-refractivity contribution is 5.72. The monoisotopic (exact) mass is 510 g/mol. The highest BCUT2D eigenvalue weighted by atomic mass is 16.5. The van der Waals surface area contributed by atoms with Crippen LogP contribution in [0.4, 0.5) is 0 Å². The van der Waals surface area contributed by atoms with Crippen LogP contribution >= 0.6 is 0 Å². The van der Waals surface area contributed by atoms with Crippen LogP contribution in [0.1, 0.15) is 169 Å². The molecule has 0 aromatic heterocycles. The van der Waals surface area contributed by atoms with E-state index in [1.54, 1.807) is 0 Å². The van der Waals surface area contributed by atoms with Crippen molar-refractivity contribution in [2.24, 2.45) is 17.8 Å². The van der Waals surface area contributed by atoms with Gasteiger partial charge in [-0.25, -0.2) is 0 Å². The summed E-state index contributed by atoms with van der Waals surface area (Å²) in [4.78, 5) is 23.6. The first-order chi connectivity index (χ1) is 17.5. The summed E-state index contributed by atoms with van der Waals surface area (Å²) in [5, 5.41) is 8.67. The minimum atomic E-state index is -0.674. The van der Waals surface area contributed by atoms with Gasteiger partial charge in [-0.15, -0.1) is 0 Å². The second-order valence-corrected chi connectivity index (χ2v) is 11.2. The van der Waals surface area contributed by atoms with Gasteiger partial charge in [0, 0.05) is 6.42 Å². The molecule has 0 aliphatic rings. The van der Waals surface area contributed by atoms with E-state index in [4.69, 9.17) is 9.84 Å². The lowest BCUT2D eigenvalue weighted by Gasteiger charge is -2.23. The Morgan fingerprint density at radius 2 is 1.08 bits per heavy atom. The Hall–Kier alpha value is -1.06. The summed E-state index contributed by atoms with van der Waals surface area (Å²) in [6, 6.07) is 0. The molecule has 0 saturated carbocycles. The molecule has 3 unspecified atom stereocenters. The Labute approximate surface area is 224 Å². The maximum Gasteiger partial charge on any atom is 0.308 e. The number of hydrogen-bond acceptors (Lipinski definition) is 3. The van der Waals surface area contributed by atoms with Gasteiger partial charge in [0.05, 0.1) is 12.5 Å². The minimum Gasteiger partial charge on any atom is -0.481 e. The number of ether oxygens (including phenoxy) is 1. The number of unbranched alkanes of at least 4 members (excludes halogenated alkanes) is 12. The average Bonchev–Trinajstić information content (AvgIpc) is 2.87. The quantitative estimate of drug-likeness (QED) is 0.0881. The largest absolute Gasteiger partial charge is 0.481 e. The van der Waals surface area contributed by atoms with Crippen LogP contribution in [0.2, 0.25) is 0 Å². The topological polar surface area (TPSA) is 63.6 Å². The molecule has 0 rings (SSSR count). The highest BCUT2D eigenvalue weighted by Gasteiger charge is 2.24. The fourth-order valence-corrected chi connectivity index (χ4v) is 5.19. The molecule has 0 aromatic rings. The van der Waals surface area contributed by atoms with Gasteiger partial charge < -0.3 is 9.84 Å². The first-order valence-corrected chi connectivity index (χ1v) is 15.9. The molecule has 4 nitrogen and oxygen atoms in total. The number of carboxylic acid groups (broad SMARTS) is 1. The zero-order valence-corrected chi connectivity index (χ0v) is 24.7. The third-order valence-corrected chi connectivity index (χ3v) is 7.94. The predicted octanol–water partition coefficient (Wildman–Crippen LogP) is 10.1. The molecule has 0 aliphatic carbocycles. The van der Waals surface area contributed by atoms with Crippen LogP contribution in [0.15, 0.2) is 0 Å². The van der Waals surface area contributed by atoms with Crippen LogP contribution in [0, 0.1) is 17.8 Å². The molecule has 36 heavy (non-hydrogen) atoms. The molecule has 214 valence electrons. The predicted molar refractivity (Wildman–Crippen MR) is 153 cm³/mol.